The van der Waals surface area contributed by atoms with Crippen molar-refractivity contribution < 1.29 is 32.7 Å². The van der Waals surface area contributed by atoms with Crippen LogP contribution in [-0.4, -0.2) is 49.3 Å². The Balaban J connectivity index is 1.42. The monoisotopic (exact) mass is 564 g/mol. The van der Waals surface area contributed by atoms with Crippen molar-refractivity contribution in [2.75, 3.05) is 27.4 Å². The van der Waals surface area contributed by atoms with Gasteiger partial charge in [-0.05, 0) is 54.3 Å². The predicted octanol–water partition coefficient (Wildman–Crippen LogP) is 5.79. The fraction of sp³-hybridized carbons (Fsp3) is 0.233. The molecule has 4 aromatic rings. The molecule has 206 valence electrons. The fourth-order valence-electron chi connectivity index (χ4n) is 5.00. The van der Waals surface area contributed by atoms with Gasteiger partial charge >= 0.3 is 5.97 Å². The highest BCUT2D eigenvalue weighted by atomic mass is 35.5. The van der Waals surface area contributed by atoms with Gasteiger partial charge in [-0.25, -0.2) is 9.18 Å². The lowest BCUT2D eigenvalue weighted by atomic mass is 9.87. The summed E-state index contributed by atoms with van der Waals surface area (Å²) in [6.07, 6.45) is 0.569. The standard InChI is InChI=1S/C30H26ClFN2O6/c1-17-26(28(33-40-17)27-21(31)10-7-11-22(27)32)30(36)39-16-25(35)34-13-12-19-14-23(37-2)24(38-3)15-20(19)29(34)18-8-5-4-6-9-18/h4-11,14-15,29H,12-13,16H2,1-3H3/t29-/m1/s1. The first-order valence-electron chi connectivity index (χ1n) is 12.5. The lowest BCUT2D eigenvalue weighted by molar-refractivity contribution is -0.136. The Bertz CT molecular complexity index is 1550. The zero-order valence-corrected chi connectivity index (χ0v) is 22.8. The molecule has 1 aromatic heterocycles. The van der Waals surface area contributed by atoms with Crippen LogP contribution in [0, 0.1) is 12.7 Å². The number of fused-ring (bicyclic) bond motifs is 1. The summed E-state index contributed by atoms with van der Waals surface area (Å²) < 4.78 is 36.2. The van der Waals surface area contributed by atoms with E-state index in [1.165, 1.54) is 25.1 Å². The Hall–Kier alpha value is -4.37. The smallest absolute Gasteiger partial charge is 0.344 e. The van der Waals surface area contributed by atoms with Crippen LogP contribution >= 0.6 is 11.6 Å². The Kier molecular flexibility index (Phi) is 7.75. The molecule has 40 heavy (non-hydrogen) atoms. The van der Waals surface area contributed by atoms with E-state index >= 15 is 0 Å². The quantitative estimate of drug-likeness (QED) is 0.262. The van der Waals surface area contributed by atoms with Gasteiger partial charge in [0.05, 0.1) is 30.8 Å². The molecule has 0 unspecified atom stereocenters. The normalized spacial score (nSPS) is 14.4. The molecule has 0 saturated heterocycles. The van der Waals surface area contributed by atoms with Gasteiger partial charge in [0.15, 0.2) is 18.1 Å². The Morgan fingerprint density at radius 3 is 2.50 bits per heavy atom. The van der Waals surface area contributed by atoms with Crippen LogP contribution in [0.15, 0.2) is 65.2 Å². The number of esters is 1. The van der Waals surface area contributed by atoms with Gasteiger partial charge in [0.2, 0.25) is 0 Å². The Morgan fingerprint density at radius 2 is 1.80 bits per heavy atom. The third-order valence-corrected chi connectivity index (χ3v) is 7.22. The van der Waals surface area contributed by atoms with Gasteiger partial charge in [0.25, 0.3) is 5.91 Å². The molecule has 1 atom stereocenters. The van der Waals surface area contributed by atoms with Crippen LogP contribution in [0.2, 0.25) is 5.02 Å². The van der Waals surface area contributed by atoms with Gasteiger partial charge in [0.1, 0.15) is 22.8 Å². The number of hydrogen-bond donors (Lipinski definition) is 0. The molecule has 1 aliphatic rings. The van der Waals surface area contributed by atoms with E-state index in [0.717, 1.165) is 16.7 Å². The molecule has 0 N–H and O–H groups in total. The average molecular weight is 565 g/mol. The van der Waals surface area contributed by atoms with Crippen LogP contribution in [0.3, 0.4) is 0 Å². The van der Waals surface area contributed by atoms with Crippen molar-refractivity contribution in [1.29, 1.82) is 0 Å². The minimum atomic E-state index is -0.874. The molecule has 0 aliphatic carbocycles. The van der Waals surface area contributed by atoms with Crippen LogP contribution in [0.25, 0.3) is 11.3 Å². The molecule has 0 spiro atoms. The fourth-order valence-corrected chi connectivity index (χ4v) is 5.25. The van der Waals surface area contributed by atoms with E-state index in [2.05, 4.69) is 5.16 Å². The van der Waals surface area contributed by atoms with Crippen molar-refractivity contribution in [2.24, 2.45) is 0 Å². The lowest BCUT2D eigenvalue weighted by Crippen LogP contribution is -2.42. The molecule has 0 fully saturated rings. The lowest BCUT2D eigenvalue weighted by Gasteiger charge is -2.38. The summed E-state index contributed by atoms with van der Waals surface area (Å²) in [5.41, 5.74) is 2.54. The van der Waals surface area contributed by atoms with E-state index < -0.39 is 30.3 Å². The number of carbonyl (C=O) groups is 2. The maximum absolute atomic E-state index is 14.6. The summed E-state index contributed by atoms with van der Waals surface area (Å²) in [5.74, 6) is -0.678. The highest BCUT2D eigenvalue weighted by Gasteiger charge is 2.34. The van der Waals surface area contributed by atoms with Crippen molar-refractivity contribution in [3.63, 3.8) is 0 Å². The first-order valence-corrected chi connectivity index (χ1v) is 12.9. The number of amides is 1. The van der Waals surface area contributed by atoms with Crippen molar-refractivity contribution in [3.05, 3.63) is 99.5 Å². The third-order valence-electron chi connectivity index (χ3n) is 6.90. The third kappa shape index (κ3) is 5.00. The van der Waals surface area contributed by atoms with Gasteiger partial charge in [-0.15, -0.1) is 0 Å². The summed E-state index contributed by atoms with van der Waals surface area (Å²) in [6.45, 7) is 1.35. The summed E-state index contributed by atoms with van der Waals surface area (Å²) >= 11 is 6.18. The molecule has 0 bridgehead atoms. The molecule has 2 heterocycles. The summed E-state index contributed by atoms with van der Waals surface area (Å²) in [4.78, 5) is 28.4. The minimum absolute atomic E-state index is 0.0585. The number of methoxy groups -OCH3 is 2. The first-order chi connectivity index (χ1) is 19.3. The van der Waals surface area contributed by atoms with Crippen LogP contribution < -0.4 is 9.47 Å². The maximum Gasteiger partial charge on any atom is 0.344 e. The number of nitrogens with zero attached hydrogens (tertiary/aromatic N) is 2. The molecule has 0 radical (unpaired) electrons. The zero-order valence-electron chi connectivity index (χ0n) is 22.1. The zero-order chi connectivity index (χ0) is 28.4. The van der Waals surface area contributed by atoms with Crippen LogP contribution in [0.1, 0.15) is 38.9 Å². The second kappa shape index (κ2) is 11.4. The number of aryl methyl sites for hydroxylation is 1. The van der Waals surface area contributed by atoms with Crippen LogP contribution in [-0.2, 0) is 16.0 Å². The average Bonchev–Trinajstić information content (AvgIpc) is 3.35. The molecular weight excluding hydrogens is 539 g/mol. The molecule has 0 saturated carbocycles. The van der Waals surface area contributed by atoms with Gasteiger partial charge in [0, 0.05) is 6.54 Å². The molecule has 8 nitrogen and oxygen atoms in total. The van der Waals surface area contributed by atoms with Crippen molar-refractivity contribution in [3.8, 4) is 22.8 Å². The highest BCUT2D eigenvalue weighted by molar-refractivity contribution is 6.33. The molecule has 3 aromatic carbocycles. The largest absolute Gasteiger partial charge is 0.493 e. The summed E-state index contributed by atoms with van der Waals surface area (Å²) in [7, 11) is 3.14. The minimum Gasteiger partial charge on any atom is -0.493 e. The number of carbonyl (C=O) groups excluding carboxylic acids is 2. The van der Waals surface area contributed by atoms with E-state index in [4.69, 9.17) is 30.3 Å². The van der Waals surface area contributed by atoms with Crippen LogP contribution in [0.4, 0.5) is 4.39 Å². The van der Waals surface area contributed by atoms with E-state index in [0.29, 0.717) is 24.5 Å². The van der Waals surface area contributed by atoms with E-state index in [1.807, 2.05) is 42.5 Å². The molecule has 10 heteroatoms. The first kappa shape index (κ1) is 27.2. The maximum atomic E-state index is 14.6. The second-order valence-corrected chi connectivity index (χ2v) is 9.60. The number of benzene rings is 3. The van der Waals surface area contributed by atoms with E-state index in [-0.39, 0.29) is 27.6 Å². The van der Waals surface area contributed by atoms with Gasteiger partial charge in [-0.2, -0.15) is 0 Å². The SMILES string of the molecule is COc1cc2c(cc1OC)[C@@H](c1ccccc1)N(C(=O)COC(=O)c1c(-c3c(F)cccc3Cl)noc1C)CC2. The van der Waals surface area contributed by atoms with Crippen LogP contribution in [0.5, 0.6) is 11.5 Å². The molecular formula is C30H26ClFN2O6. The van der Waals surface area contributed by atoms with Crippen molar-refractivity contribution in [1.82, 2.24) is 10.1 Å². The Labute approximate surface area is 235 Å². The predicted molar refractivity (Wildman–Crippen MR) is 145 cm³/mol. The second-order valence-electron chi connectivity index (χ2n) is 9.19. The summed E-state index contributed by atoms with van der Waals surface area (Å²) in [5, 5.41) is 3.89. The molecule has 1 amide bonds. The number of rotatable bonds is 7. The van der Waals surface area contributed by atoms with E-state index in [1.54, 1.807) is 19.1 Å². The van der Waals surface area contributed by atoms with Crippen molar-refractivity contribution >= 4 is 23.5 Å². The molecule has 5 rings (SSSR count). The van der Waals surface area contributed by atoms with Gasteiger partial charge < -0.3 is 23.6 Å². The number of halogens is 2. The van der Waals surface area contributed by atoms with E-state index in [9.17, 15) is 14.0 Å². The molecule has 1 aliphatic heterocycles. The highest BCUT2D eigenvalue weighted by Crippen LogP contribution is 2.41. The topological polar surface area (TPSA) is 91.1 Å². The summed E-state index contributed by atoms with van der Waals surface area (Å²) in [6, 6.07) is 17.1. The van der Waals surface area contributed by atoms with Gasteiger partial charge in [-0.3, -0.25) is 4.79 Å². The Morgan fingerprint density at radius 1 is 1.07 bits per heavy atom. The number of hydrogen-bond acceptors (Lipinski definition) is 7. The van der Waals surface area contributed by atoms with Crippen molar-refractivity contribution in [2.45, 2.75) is 19.4 Å². The van der Waals surface area contributed by atoms with Gasteiger partial charge in [-0.1, -0.05) is 53.2 Å². The number of ether oxygens (including phenoxy) is 3. The number of aromatic nitrogens is 1.